The second-order valence-corrected chi connectivity index (χ2v) is 5.87. The van der Waals surface area contributed by atoms with Gasteiger partial charge in [0.2, 0.25) is 0 Å². The lowest BCUT2D eigenvalue weighted by Gasteiger charge is -2.40. The van der Waals surface area contributed by atoms with Gasteiger partial charge in [-0.25, -0.2) is 9.18 Å². The SMILES string of the molecule is CC1CN(c2ccc(Cl)c(F)c2)CCN1C(=O)NCCC(=O)O. The first-order chi connectivity index (χ1) is 10.9. The topological polar surface area (TPSA) is 72.9 Å². The average molecular weight is 344 g/mol. The molecule has 1 saturated heterocycles. The molecule has 2 rings (SSSR count). The number of carbonyl (C=O) groups is 2. The lowest BCUT2D eigenvalue weighted by Crippen LogP contribution is -2.56. The Kier molecular flexibility index (Phi) is 5.65. The van der Waals surface area contributed by atoms with Crippen LogP contribution in [0.2, 0.25) is 5.02 Å². The Labute approximate surface area is 138 Å². The van der Waals surface area contributed by atoms with E-state index in [0.717, 1.165) is 5.69 Å². The molecule has 23 heavy (non-hydrogen) atoms. The highest BCUT2D eigenvalue weighted by molar-refractivity contribution is 6.30. The summed E-state index contributed by atoms with van der Waals surface area (Å²) in [7, 11) is 0. The van der Waals surface area contributed by atoms with E-state index in [1.165, 1.54) is 12.1 Å². The standard InChI is InChI=1S/C15H19ClFN3O3/c1-10-9-19(11-2-3-12(16)13(17)8-11)6-7-20(10)15(23)18-5-4-14(21)22/h2-3,8,10H,4-7,9H2,1H3,(H,18,23)(H,21,22). The van der Waals surface area contributed by atoms with E-state index in [2.05, 4.69) is 5.32 Å². The van der Waals surface area contributed by atoms with Gasteiger partial charge in [-0.2, -0.15) is 0 Å². The van der Waals surface area contributed by atoms with Crippen LogP contribution in [0.15, 0.2) is 18.2 Å². The van der Waals surface area contributed by atoms with Crippen molar-refractivity contribution in [3.63, 3.8) is 0 Å². The third-order valence-electron chi connectivity index (χ3n) is 3.77. The van der Waals surface area contributed by atoms with E-state index >= 15 is 0 Å². The predicted molar refractivity (Wildman–Crippen MR) is 85.4 cm³/mol. The zero-order chi connectivity index (χ0) is 17.0. The summed E-state index contributed by atoms with van der Waals surface area (Å²) in [5.41, 5.74) is 0.727. The van der Waals surface area contributed by atoms with Crippen molar-refractivity contribution in [3.05, 3.63) is 29.0 Å². The van der Waals surface area contributed by atoms with Gasteiger partial charge >= 0.3 is 12.0 Å². The van der Waals surface area contributed by atoms with Gasteiger partial charge < -0.3 is 20.2 Å². The number of aliphatic carboxylic acids is 1. The second kappa shape index (κ2) is 7.50. The normalized spacial score (nSPS) is 18.0. The van der Waals surface area contributed by atoms with E-state index in [1.54, 1.807) is 11.0 Å². The summed E-state index contributed by atoms with van der Waals surface area (Å²) in [6.07, 6.45) is -0.107. The lowest BCUT2D eigenvalue weighted by molar-refractivity contribution is -0.136. The maximum Gasteiger partial charge on any atom is 0.317 e. The molecule has 1 aliphatic heterocycles. The van der Waals surface area contributed by atoms with Gasteiger partial charge in [0.25, 0.3) is 0 Å². The van der Waals surface area contributed by atoms with Gasteiger partial charge in [-0.1, -0.05) is 11.6 Å². The number of hydrogen-bond donors (Lipinski definition) is 2. The van der Waals surface area contributed by atoms with Gasteiger partial charge in [0.1, 0.15) is 5.82 Å². The summed E-state index contributed by atoms with van der Waals surface area (Å²) in [6.45, 7) is 3.61. The molecular weight excluding hydrogens is 325 g/mol. The Morgan fingerprint density at radius 3 is 2.78 bits per heavy atom. The minimum atomic E-state index is -0.951. The fourth-order valence-corrected chi connectivity index (χ4v) is 2.67. The summed E-state index contributed by atoms with van der Waals surface area (Å²) in [5.74, 6) is -1.42. The van der Waals surface area contributed by atoms with Crippen LogP contribution in [0.3, 0.4) is 0 Å². The molecule has 8 heteroatoms. The van der Waals surface area contributed by atoms with Gasteiger partial charge in [-0.15, -0.1) is 0 Å². The van der Waals surface area contributed by atoms with Crippen molar-refractivity contribution in [2.45, 2.75) is 19.4 Å². The molecule has 2 amide bonds. The van der Waals surface area contributed by atoms with Crippen LogP contribution in [0, 0.1) is 5.82 Å². The summed E-state index contributed by atoms with van der Waals surface area (Å²) >= 11 is 5.69. The maximum absolute atomic E-state index is 13.6. The molecule has 126 valence electrons. The van der Waals surface area contributed by atoms with Crippen molar-refractivity contribution >= 4 is 29.3 Å². The first-order valence-corrected chi connectivity index (χ1v) is 7.72. The Hall–Kier alpha value is -2.02. The predicted octanol–water partition coefficient (Wildman–Crippen LogP) is 2.17. The largest absolute Gasteiger partial charge is 0.481 e. The van der Waals surface area contributed by atoms with E-state index in [9.17, 15) is 14.0 Å². The smallest absolute Gasteiger partial charge is 0.317 e. The number of halogens is 2. The molecule has 0 spiro atoms. The number of nitrogens with zero attached hydrogens (tertiary/aromatic N) is 2. The fraction of sp³-hybridized carbons (Fsp3) is 0.467. The highest BCUT2D eigenvalue weighted by atomic mass is 35.5. The van der Waals surface area contributed by atoms with E-state index in [4.69, 9.17) is 16.7 Å². The van der Waals surface area contributed by atoms with Crippen molar-refractivity contribution in [1.29, 1.82) is 0 Å². The molecule has 1 fully saturated rings. The van der Waals surface area contributed by atoms with Crippen LogP contribution in [-0.2, 0) is 4.79 Å². The van der Waals surface area contributed by atoms with E-state index < -0.39 is 11.8 Å². The monoisotopic (exact) mass is 343 g/mol. The Bertz CT molecular complexity index is 599. The molecule has 6 nitrogen and oxygen atoms in total. The van der Waals surface area contributed by atoms with Crippen molar-refractivity contribution in [2.24, 2.45) is 0 Å². The summed E-state index contributed by atoms with van der Waals surface area (Å²) < 4.78 is 13.6. The van der Waals surface area contributed by atoms with Crippen molar-refractivity contribution in [3.8, 4) is 0 Å². The molecule has 1 aliphatic rings. The Morgan fingerprint density at radius 1 is 1.43 bits per heavy atom. The summed E-state index contributed by atoms with van der Waals surface area (Å²) in [6, 6.07) is 4.30. The number of carbonyl (C=O) groups excluding carboxylic acids is 1. The zero-order valence-electron chi connectivity index (χ0n) is 12.8. The molecule has 0 aromatic heterocycles. The Balaban J connectivity index is 1.92. The first kappa shape index (κ1) is 17.3. The third-order valence-corrected chi connectivity index (χ3v) is 4.08. The first-order valence-electron chi connectivity index (χ1n) is 7.34. The average Bonchev–Trinajstić information content (AvgIpc) is 2.49. The van der Waals surface area contributed by atoms with E-state index in [0.29, 0.717) is 19.6 Å². The van der Waals surface area contributed by atoms with Gasteiger partial charge in [0.15, 0.2) is 0 Å². The number of benzene rings is 1. The number of urea groups is 1. The van der Waals surface area contributed by atoms with Gasteiger partial charge in [-0.05, 0) is 25.1 Å². The maximum atomic E-state index is 13.6. The summed E-state index contributed by atoms with van der Waals surface area (Å²) in [5, 5.41) is 11.3. The van der Waals surface area contributed by atoms with Crippen molar-refractivity contribution in [1.82, 2.24) is 10.2 Å². The number of hydrogen-bond acceptors (Lipinski definition) is 3. The second-order valence-electron chi connectivity index (χ2n) is 5.46. The van der Waals surface area contributed by atoms with E-state index in [1.807, 2.05) is 11.8 Å². The minimum Gasteiger partial charge on any atom is -0.481 e. The molecule has 1 atom stereocenters. The van der Waals surface area contributed by atoms with Crippen LogP contribution in [0.5, 0.6) is 0 Å². The van der Waals surface area contributed by atoms with Gasteiger partial charge in [0.05, 0.1) is 11.4 Å². The van der Waals surface area contributed by atoms with Gasteiger partial charge in [0, 0.05) is 37.9 Å². The van der Waals surface area contributed by atoms with Crippen LogP contribution in [-0.4, -0.2) is 54.2 Å². The lowest BCUT2D eigenvalue weighted by atomic mass is 10.1. The molecule has 1 aromatic carbocycles. The molecule has 2 N–H and O–H groups in total. The van der Waals surface area contributed by atoms with Gasteiger partial charge in [-0.3, -0.25) is 4.79 Å². The third kappa shape index (κ3) is 4.48. The van der Waals surface area contributed by atoms with Crippen molar-refractivity contribution in [2.75, 3.05) is 31.1 Å². The van der Waals surface area contributed by atoms with E-state index in [-0.39, 0.29) is 30.1 Å². The molecule has 0 radical (unpaired) electrons. The molecule has 1 aromatic rings. The van der Waals surface area contributed by atoms with Crippen molar-refractivity contribution < 1.29 is 19.1 Å². The highest BCUT2D eigenvalue weighted by Crippen LogP contribution is 2.24. The number of piperazine rings is 1. The molecule has 1 unspecified atom stereocenters. The van der Waals surface area contributed by atoms with Crippen LogP contribution in [0.1, 0.15) is 13.3 Å². The number of nitrogens with one attached hydrogen (secondary N) is 1. The highest BCUT2D eigenvalue weighted by Gasteiger charge is 2.27. The van der Waals surface area contributed by atoms with Crippen LogP contribution in [0.4, 0.5) is 14.9 Å². The molecule has 0 saturated carbocycles. The number of carboxylic acids is 1. The number of carboxylic acid groups (broad SMARTS) is 1. The molecule has 1 heterocycles. The minimum absolute atomic E-state index is 0.0766. The zero-order valence-corrected chi connectivity index (χ0v) is 13.5. The molecular formula is C15H19ClFN3O3. The van der Waals surface area contributed by atoms with Crippen LogP contribution < -0.4 is 10.2 Å². The van der Waals surface area contributed by atoms with Crippen LogP contribution >= 0.6 is 11.6 Å². The number of amides is 2. The quantitative estimate of drug-likeness (QED) is 0.879. The molecule has 0 aliphatic carbocycles. The fourth-order valence-electron chi connectivity index (χ4n) is 2.55. The summed E-state index contributed by atoms with van der Waals surface area (Å²) in [4.78, 5) is 26.2. The molecule has 0 bridgehead atoms. The number of rotatable bonds is 4. The Morgan fingerprint density at radius 2 is 2.17 bits per heavy atom. The number of anilines is 1. The van der Waals surface area contributed by atoms with Crippen LogP contribution in [0.25, 0.3) is 0 Å².